The third-order valence-corrected chi connectivity index (χ3v) is 5.04. The van der Waals surface area contributed by atoms with Gasteiger partial charge in [-0.05, 0) is 37.6 Å². The second-order valence-corrected chi connectivity index (χ2v) is 7.55. The van der Waals surface area contributed by atoms with Gasteiger partial charge in [-0.1, -0.05) is 30.3 Å². The number of anilines is 1. The number of nitrogens with zero attached hydrogens (tertiary/aromatic N) is 5. The maximum absolute atomic E-state index is 12.5. The number of aromatic nitrogens is 5. The van der Waals surface area contributed by atoms with E-state index in [1.165, 1.54) is 18.0 Å². The van der Waals surface area contributed by atoms with Gasteiger partial charge < -0.3 is 9.88 Å². The van der Waals surface area contributed by atoms with Crippen LogP contribution in [-0.4, -0.2) is 35.9 Å². The van der Waals surface area contributed by atoms with Gasteiger partial charge in [0.05, 0.1) is 10.3 Å². The first-order valence-electron chi connectivity index (χ1n) is 8.51. The molecule has 0 spiro atoms. The Kier molecular flexibility index (Phi) is 6.41. The zero-order valence-electron chi connectivity index (χ0n) is 15.0. The van der Waals surface area contributed by atoms with Crippen LogP contribution < -0.4 is 5.32 Å². The van der Waals surface area contributed by atoms with E-state index >= 15 is 0 Å². The molecule has 0 aliphatic carbocycles. The van der Waals surface area contributed by atoms with Crippen molar-refractivity contribution in [1.29, 1.82) is 0 Å². The van der Waals surface area contributed by atoms with Crippen LogP contribution in [0.3, 0.4) is 0 Å². The molecule has 0 radical (unpaired) electrons. The summed E-state index contributed by atoms with van der Waals surface area (Å²) in [7, 11) is 0. The van der Waals surface area contributed by atoms with Crippen LogP contribution in [0.1, 0.15) is 20.3 Å². The van der Waals surface area contributed by atoms with Crippen molar-refractivity contribution in [2.45, 2.75) is 37.2 Å². The Morgan fingerprint density at radius 1 is 1.26 bits per heavy atom. The Morgan fingerprint density at radius 3 is 2.70 bits per heavy atom. The van der Waals surface area contributed by atoms with Gasteiger partial charge in [0.2, 0.25) is 5.91 Å². The molecule has 3 aromatic rings. The Labute approximate surface area is 166 Å². The number of halogens is 1. The lowest BCUT2D eigenvalue weighted by atomic mass is 10.2. The summed E-state index contributed by atoms with van der Waals surface area (Å²) < 4.78 is 2.03. The van der Waals surface area contributed by atoms with Gasteiger partial charge in [0.1, 0.15) is 5.82 Å². The fourth-order valence-corrected chi connectivity index (χ4v) is 3.39. The van der Waals surface area contributed by atoms with Crippen molar-refractivity contribution < 1.29 is 4.79 Å². The molecule has 140 valence electrons. The average Bonchev–Trinajstić information content (AvgIpc) is 3.07. The predicted octanol–water partition coefficient (Wildman–Crippen LogP) is 3.92. The van der Waals surface area contributed by atoms with E-state index in [2.05, 4.69) is 32.4 Å². The second-order valence-electron chi connectivity index (χ2n) is 5.80. The zero-order valence-corrected chi connectivity index (χ0v) is 16.5. The molecule has 0 saturated heterocycles. The molecule has 0 fully saturated rings. The average molecular weight is 403 g/mol. The molecule has 0 aliphatic rings. The minimum Gasteiger partial charge on any atom is -0.310 e. The van der Waals surface area contributed by atoms with Crippen molar-refractivity contribution in [2.75, 3.05) is 5.32 Å². The van der Waals surface area contributed by atoms with Crippen molar-refractivity contribution >= 4 is 35.1 Å². The van der Waals surface area contributed by atoms with Crippen LogP contribution >= 0.6 is 23.4 Å². The minimum absolute atomic E-state index is 0.161. The van der Waals surface area contributed by atoms with Crippen LogP contribution in [0.4, 0.5) is 5.82 Å². The number of carbonyl (C=O) groups excluding carboxylic acids is 1. The third-order valence-electron chi connectivity index (χ3n) is 3.73. The lowest BCUT2D eigenvalue weighted by molar-refractivity contribution is -0.115. The fraction of sp³-hybridized carbons (Fsp3) is 0.278. The van der Waals surface area contributed by atoms with Gasteiger partial charge in [-0.2, -0.15) is 0 Å². The molecule has 1 amide bonds. The van der Waals surface area contributed by atoms with Crippen molar-refractivity contribution in [3.8, 4) is 11.4 Å². The number of carbonyl (C=O) groups is 1. The number of thioether (sulfide) groups is 1. The Morgan fingerprint density at radius 2 is 2.04 bits per heavy atom. The highest BCUT2D eigenvalue weighted by Gasteiger charge is 2.21. The van der Waals surface area contributed by atoms with Crippen LogP contribution in [0.15, 0.2) is 48.0 Å². The van der Waals surface area contributed by atoms with Gasteiger partial charge in [0, 0.05) is 30.7 Å². The van der Waals surface area contributed by atoms with Gasteiger partial charge >= 0.3 is 0 Å². The normalized spacial score (nSPS) is 12.0. The molecule has 1 atom stereocenters. The quantitative estimate of drug-likeness (QED) is 0.603. The summed E-state index contributed by atoms with van der Waals surface area (Å²) in [6.07, 6.45) is 5.87. The van der Waals surface area contributed by atoms with Gasteiger partial charge in [-0.25, -0.2) is 4.98 Å². The van der Waals surface area contributed by atoms with Gasteiger partial charge in [0.15, 0.2) is 11.0 Å². The first kappa shape index (κ1) is 19.3. The summed E-state index contributed by atoms with van der Waals surface area (Å²) in [6, 6.07) is 7.14. The smallest absolute Gasteiger partial charge is 0.238 e. The fourth-order valence-electron chi connectivity index (χ4n) is 2.40. The molecule has 7 nitrogen and oxygen atoms in total. The number of rotatable bonds is 7. The summed E-state index contributed by atoms with van der Waals surface area (Å²) in [5, 5.41) is 12.3. The summed E-state index contributed by atoms with van der Waals surface area (Å²) in [5.41, 5.74) is 0.945. The van der Waals surface area contributed by atoms with E-state index < -0.39 is 0 Å². The van der Waals surface area contributed by atoms with Crippen LogP contribution in [0.5, 0.6) is 0 Å². The highest BCUT2D eigenvalue weighted by atomic mass is 35.5. The molecule has 0 saturated carbocycles. The van der Waals surface area contributed by atoms with Crippen LogP contribution in [0.25, 0.3) is 11.4 Å². The standard InChI is InChI=1S/C18H19ClN6OS/c1-3-10-25-16(13-6-8-20-9-7-13)23-24-18(25)27-12(2)17(26)22-15-5-4-14(19)11-21-15/h4-9,11-12H,3,10H2,1-2H3,(H,21,22,26)/t12-/m1/s1. The van der Waals surface area contributed by atoms with Gasteiger partial charge in [-0.15, -0.1) is 10.2 Å². The van der Waals surface area contributed by atoms with Crippen molar-refractivity contribution in [2.24, 2.45) is 0 Å². The molecule has 0 unspecified atom stereocenters. The maximum Gasteiger partial charge on any atom is 0.238 e. The molecule has 0 aromatic carbocycles. The molecule has 3 heterocycles. The lowest BCUT2D eigenvalue weighted by Gasteiger charge is -2.13. The van der Waals surface area contributed by atoms with Crippen LogP contribution in [-0.2, 0) is 11.3 Å². The molecule has 9 heteroatoms. The summed E-state index contributed by atoms with van der Waals surface area (Å²) in [6.45, 7) is 4.68. The Bertz CT molecular complexity index is 900. The molecule has 3 aromatic heterocycles. The van der Waals surface area contributed by atoms with E-state index in [-0.39, 0.29) is 11.2 Å². The van der Waals surface area contributed by atoms with E-state index in [0.717, 1.165) is 24.4 Å². The van der Waals surface area contributed by atoms with Gasteiger partial charge in [-0.3, -0.25) is 9.78 Å². The number of pyridine rings is 2. The number of amides is 1. The van der Waals surface area contributed by atoms with E-state index in [9.17, 15) is 4.79 Å². The summed E-state index contributed by atoms with van der Waals surface area (Å²) >= 11 is 7.18. The monoisotopic (exact) mass is 402 g/mol. The zero-order chi connectivity index (χ0) is 19.2. The number of hydrogen-bond donors (Lipinski definition) is 1. The van der Waals surface area contributed by atoms with Crippen LogP contribution in [0.2, 0.25) is 5.02 Å². The van der Waals surface area contributed by atoms with E-state index in [1.807, 2.05) is 23.6 Å². The molecule has 27 heavy (non-hydrogen) atoms. The lowest BCUT2D eigenvalue weighted by Crippen LogP contribution is -2.23. The largest absolute Gasteiger partial charge is 0.310 e. The van der Waals surface area contributed by atoms with Crippen molar-refractivity contribution in [1.82, 2.24) is 24.7 Å². The predicted molar refractivity (Wildman–Crippen MR) is 107 cm³/mol. The first-order valence-corrected chi connectivity index (χ1v) is 9.77. The van der Waals surface area contributed by atoms with Crippen LogP contribution in [0, 0.1) is 0 Å². The highest BCUT2D eigenvalue weighted by Crippen LogP contribution is 2.27. The van der Waals surface area contributed by atoms with E-state index in [0.29, 0.717) is 16.0 Å². The third kappa shape index (κ3) is 4.84. The van der Waals surface area contributed by atoms with Crippen molar-refractivity contribution in [3.63, 3.8) is 0 Å². The minimum atomic E-state index is -0.368. The first-order chi connectivity index (χ1) is 13.1. The number of hydrogen-bond acceptors (Lipinski definition) is 6. The molecule has 3 rings (SSSR count). The van der Waals surface area contributed by atoms with E-state index in [1.54, 1.807) is 24.5 Å². The molecule has 0 bridgehead atoms. The Hall–Kier alpha value is -2.45. The summed E-state index contributed by atoms with van der Waals surface area (Å²) in [4.78, 5) is 20.6. The summed E-state index contributed by atoms with van der Waals surface area (Å²) in [5.74, 6) is 1.07. The SMILES string of the molecule is CCCn1c(S[C@H](C)C(=O)Nc2ccc(Cl)cn2)nnc1-c1ccncc1. The van der Waals surface area contributed by atoms with E-state index in [4.69, 9.17) is 11.6 Å². The molecule has 0 aliphatic heterocycles. The molecular weight excluding hydrogens is 384 g/mol. The maximum atomic E-state index is 12.5. The number of nitrogens with one attached hydrogen (secondary N) is 1. The highest BCUT2D eigenvalue weighted by molar-refractivity contribution is 8.00. The van der Waals surface area contributed by atoms with Gasteiger partial charge in [0.25, 0.3) is 0 Å². The van der Waals surface area contributed by atoms with Crippen molar-refractivity contribution in [3.05, 3.63) is 47.9 Å². The molecular formula is C18H19ClN6OS. The molecule has 1 N–H and O–H groups in total. The topological polar surface area (TPSA) is 85.6 Å². The Balaban J connectivity index is 1.75. The second kappa shape index (κ2) is 8.96.